The van der Waals surface area contributed by atoms with Crippen molar-refractivity contribution in [1.29, 1.82) is 0 Å². The lowest BCUT2D eigenvalue weighted by Gasteiger charge is -2.27. The van der Waals surface area contributed by atoms with Crippen molar-refractivity contribution in [3.63, 3.8) is 0 Å². The molecule has 2 aromatic carbocycles. The number of alkyl halides is 2. The van der Waals surface area contributed by atoms with Gasteiger partial charge in [0.25, 0.3) is 5.91 Å². The second-order valence-corrected chi connectivity index (χ2v) is 10.2. The van der Waals surface area contributed by atoms with E-state index in [1.807, 2.05) is 0 Å². The van der Waals surface area contributed by atoms with Crippen LogP contribution in [0.15, 0.2) is 47.4 Å². The molecule has 3 rings (SSSR count). The fraction of sp³-hybridized carbons (Fsp3) is 0.391. The number of rotatable bonds is 8. The van der Waals surface area contributed by atoms with Crippen LogP contribution < -0.4 is 10.1 Å². The van der Waals surface area contributed by atoms with E-state index in [1.54, 1.807) is 32.0 Å². The zero-order valence-electron chi connectivity index (χ0n) is 18.3. The lowest BCUT2D eigenvalue weighted by molar-refractivity contribution is -0.149. The maximum absolute atomic E-state index is 13.5. The molecule has 1 fully saturated rings. The average molecular weight is 482 g/mol. The van der Waals surface area contributed by atoms with E-state index in [2.05, 4.69) is 10.1 Å². The third-order valence-electron chi connectivity index (χ3n) is 5.63. The van der Waals surface area contributed by atoms with E-state index in [9.17, 15) is 26.8 Å². The molecule has 1 N–H and O–H groups in total. The number of sulfone groups is 1. The van der Waals surface area contributed by atoms with Crippen molar-refractivity contribution in [2.45, 2.75) is 55.8 Å². The van der Waals surface area contributed by atoms with Gasteiger partial charge in [-0.05, 0) is 68.1 Å². The normalized spacial score (nSPS) is 15.3. The zero-order valence-corrected chi connectivity index (χ0v) is 19.1. The molecule has 1 amide bonds. The Kier molecular flexibility index (Phi) is 7.36. The highest BCUT2D eigenvalue weighted by Gasteiger charge is 2.54. The first kappa shape index (κ1) is 24.6. The second-order valence-electron chi connectivity index (χ2n) is 8.00. The van der Waals surface area contributed by atoms with Crippen LogP contribution in [-0.4, -0.2) is 38.3 Å². The van der Waals surface area contributed by atoms with Crippen molar-refractivity contribution < 1.29 is 36.3 Å². The first-order valence-corrected chi connectivity index (χ1v) is 11.9. The Bertz CT molecular complexity index is 1130. The summed E-state index contributed by atoms with van der Waals surface area (Å²) >= 11 is 0. The molecule has 10 heteroatoms. The third-order valence-corrected chi connectivity index (χ3v) is 8.25. The number of hydrogen-bond acceptors (Lipinski definition) is 6. The molecule has 178 valence electrons. The van der Waals surface area contributed by atoms with E-state index >= 15 is 0 Å². The molecule has 1 aliphatic rings. The van der Waals surface area contributed by atoms with Crippen LogP contribution in [0.5, 0.6) is 5.75 Å². The predicted molar refractivity (Wildman–Crippen MR) is 117 cm³/mol. The number of benzene rings is 2. The van der Waals surface area contributed by atoms with Crippen LogP contribution in [-0.2, 0) is 24.2 Å². The van der Waals surface area contributed by atoms with Gasteiger partial charge in [0.2, 0.25) is 0 Å². The van der Waals surface area contributed by atoms with Gasteiger partial charge in [0.15, 0.2) is 21.2 Å². The van der Waals surface area contributed by atoms with Gasteiger partial charge in [-0.25, -0.2) is 8.42 Å². The van der Waals surface area contributed by atoms with Gasteiger partial charge in [-0.2, -0.15) is 8.78 Å². The monoisotopic (exact) mass is 481 g/mol. The minimum absolute atomic E-state index is 0.0748. The summed E-state index contributed by atoms with van der Waals surface area (Å²) in [5.74, 6) is -1.71. The molecule has 0 atom stereocenters. The average Bonchev–Trinajstić information content (AvgIpc) is 3.27. The van der Waals surface area contributed by atoms with Gasteiger partial charge in [-0.15, -0.1) is 0 Å². The van der Waals surface area contributed by atoms with Gasteiger partial charge in [0, 0.05) is 5.69 Å². The van der Waals surface area contributed by atoms with E-state index in [4.69, 9.17) is 4.74 Å². The first-order valence-electron chi connectivity index (χ1n) is 10.4. The van der Waals surface area contributed by atoms with Crippen molar-refractivity contribution in [2.24, 2.45) is 0 Å². The summed E-state index contributed by atoms with van der Waals surface area (Å²) in [6, 6.07) is 10.2. The molecule has 2 aromatic rings. The molecule has 1 aliphatic carbocycles. The standard InChI is InChI=1S/C23H25F2NO6S/c1-15-5-6-16(2)19(13-15)33(29,30)23(11-3-4-12-23)21(28)31-14-20(27)26-17-7-9-18(10-8-17)32-22(24)25/h5-10,13,22H,3-4,11-12,14H2,1-2H3,(H,26,27). The quantitative estimate of drug-likeness (QED) is 0.568. The predicted octanol–water partition coefficient (Wildman–Crippen LogP) is 4.17. The summed E-state index contributed by atoms with van der Waals surface area (Å²) in [6.45, 7) is -0.203. The molecule has 0 saturated heterocycles. The summed E-state index contributed by atoms with van der Waals surface area (Å²) in [6.07, 6.45) is 1.35. The number of amides is 1. The molecule has 0 aliphatic heterocycles. The molecule has 7 nitrogen and oxygen atoms in total. The van der Waals surface area contributed by atoms with Crippen LogP contribution in [0.4, 0.5) is 14.5 Å². The number of carbonyl (C=O) groups is 2. The minimum atomic E-state index is -4.06. The largest absolute Gasteiger partial charge is 0.454 e. The van der Waals surface area contributed by atoms with E-state index in [1.165, 1.54) is 24.3 Å². The summed E-state index contributed by atoms with van der Waals surface area (Å²) < 4.78 is 59.2. The molecule has 0 radical (unpaired) electrons. The Labute approximate surface area is 191 Å². The Morgan fingerprint density at radius 2 is 1.70 bits per heavy atom. The van der Waals surface area contributed by atoms with Crippen molar-refractivity contribution in [3.05, 3.63) is 53.6 Å². The third kappa shape index (κ3) is 5.32. The van der Waals surface area contributed by atoms with Gasteiger partial charge >= 0.3 is 12.6 Å². The van der Waals surface area contributed by atoms with Crippen LogP contribution >= 0.6 is 0 Å². The number of ether oxygens (including phenoxy) is 2. The van der Waals surface area contributed by atoms with Crippen LogP contribution in [0.3, 0.4) is 0 Å². The molecular weight excluding hydrogens is 456 g/mol. The lowest BCUT2D eigenvalue weighted by Crippen LogP contribution is -2.46. The Morgan fingerprint density at radius 1 is 1.06 bits per heavy atom. The Balaban J connectivity index is 1.70. The van der Waals surface area contributed by atoms with Gasteiger partial charge in [-0.3, -0.25) is 9.59 Å². The van der Waals surface area contributed by atoms with Crippen LogP contribution in [0.1, 0.15) is 36.8 Å². The highest BCUT2D eigenvalue weighted by molar-refractivity contribution is 7.93. The fourth-order valence-corrected chi connectivity index (χ4v) is 6.27. The van der Waals surface area contributed by atoms with Crippen molar-refractivity contribution in [2.75, 3.05) is 11.9 Å². The van der Waals surface area contributed by atoms with Gasteiger partial charge in [-0.1, -0.05) is 25.0 Å². The molecule has 1 saturated carbocycles. The molecule has 0 unspecified atom stereocenters. The van der Waals surface area contributed by atoms with Crippen molar-refractivity contribution >= 4 is 27.4 Å². The number of hydrogen-bond donors (Lipinski definition) is 1. The van der Waals surface area contributed by atoms with Crippen LogP contribution in [0.25, 0.3) is 0 Å². The lowest BCUT2D eigenvalue weighted by atomic mass is 10.1. The number of esters is 1. The van der Waals surface area contributed by atoms with E-state index < -0.39 is 39.7 Å². The Morgan fingerprint density at radius 3 is 2.30 bits per heavy atom. The number of anilines is 1. The topological polar surface area (TPSA) is 98.8 Å². The SMILES string of the molecule is Cc1ccc(C)c(S(=O)(=O)C2(C(=O)OCC(=O)Nc3ccc(OC(F)F)cc3)CCCC2)c1. The van der Waals surface area contributed by atoms with Crippen LogP contribution in [0, 0.1) is 13.8 Å². The minimum Gasteiger partial charge on any atom is -0.454 e. The maximum atomic E-state index is 13.5. The number of nitrogens with one attached hydrogen (secondary N) is 1. The van der Waals surface area contributed by atoms with Gasteiger partial charge < -0.3 is 14.8 Å². The van der Waals surface area contributed by atoms with E-state index in [0.29, 0.717) is 18.4 Å². The Hall–Kier alpha value is -3.01. The maximum Gasteiger partial charge on any atom is 0.387 e. The molecule has 0 bridgehead atoms. The summed E-state index contributed by atoms with van der Waals surface area (Å²) in [7, 11) is -4.06. The van der Waals surface area contributed by atoms with Gasteiger partial charge in [0.05, 0.1) is 4.90 Å². The second kappa shape index (κ2) is 9.86. The molecular formula is C23H25F2NO6S. The highest BCUT2D eigenvalue weighted by Crippen LogP contribution is 2.42. The number of halogens is 2. The summed E-state index contributed by atoms with van der Waals surface area (Å²) in [4.78, 5) is 25.3. The molecule has 33 heavy (non-hydrogen) atoms. The summed E-state index contributed by atoms with van der Waals surface area (Å²) in [5.41, 5.74) is 1.57. The van der Waals surface area contributed by atoms with Gasteiger partial charge in [0.1, 0.15) is 5.75 Å². The molecule has 0 aromatic heterocycles. The first-order chi connectivity index (χ1) is 15.5. The zero-order chi connectivity index (χ0) is 24.2. The van der Waals surface area contributed by atoms with Crippen LogP contribution in [0.2, 0.25) is 0 Å². The number of carbonyl (C=O) groups excluding carboxylic acids is 2. The molecule has 0 heterocycles. The van der Waals surface area contributed by atoms with Crippen molar-refractivity contribution in [1.82, 2.24) is 0 Å². The smallest absolute Gasteiger partial charge is 0.387 e. The van der Waals surface area contributed by atoms with E-state index in [-0.39, 0.29) is 29.2 Å². The summed E-state index contributed by atoms with van der Waals surface area (Å²) in [5, 5.41) is 2.46. The highest BCUT2D eigenvalue weighted by atomic mass is 32.2. The van der Waals surface area contributed by atoms with E-state index in [0.717, 1.165) is 5.56 Å². The molecule has 0 spiro atoms. The van der Waals surface area contributed by atoms with Crippen molar-refractivity contribution in [3.8, 4) is 5.75 Å². The fourth-order valence-electron chi connectivity index (χ4n) is 3.92. The number of aryl methyl sites for hydroxylation is 2.